The number of amides is 2. The van der Waals surface area contributed by atoms with Gasteiger partial charge in [-0.1, -0.05) is 30.3 Å². The average Bonchev–Trinajstić information content (AvgIpc) is 3.33. The van der Waals surface area contributed by atoms with E-state index in [2.05, 4.69) is 5.32 Å². The molecule has 11 heteroatoms. The van der Waals surface area contributed by atoms with Crippen LogP contribution in [0, 0.1) is 10.1 Å². The van der Waals surface area contributed by atoms with E-state index in [0.29, 0.717) is 19.4 Å². The third kappa shape index (κ3) is 6.00. The van der Waals surface area contributed by atoms with E-state index in [-0.39, 0.29) is 30.0 Å². The fourth-order valence-corrected chi connectivity index (χ4v) is 3.79. The third-order valence-electron chi connectivity index (χ3n) is 5.51. The summed E-state index contributed by atoms with van der Waals surface area (Å²) in [6.07, 6.45) is 0.0267. The summed E-state index contributed by atoms with van der Waals surface area (Å²) in [5, 5.41) is 23.2. The van der Waals surface area contributed by atoms with Gasteiger partial charge < -0.3 is 19.9 Å². The van der Waals surface area contributed by atoms with Crippen molar-refractivity contribution >= 4 is 23.7 Å². The number of likely N-dealkylation sites (tertiary alicyclic amines) is 1. The molecule has 0 bridgehead atoms. The van der Waals surface area contributed by atoms with Crippen LogP contribution >= 0.6 is 0 Å². The number of nitrogens with one attached hydrogen (secondary N) is 1. The number of carbonyl (C=O) groups excluding carboxylic acids is 2. The number of carboxylic acid groups (broad SMARTS) is 1. The monoisotopic (exact) mass is 471 g/mol. The lowest BCUT2D eigenvalue weighted by Gasteiger charge is -2.25. The number of hydrogen-bond acceptors (Lipinski definition) is 7. The van der Waals surface area contributed by atoms with E-state index in [1.165, 1.54) is 30.2 Å². The van der Waals surface area contributed by atoms with Crippen LogP contribution in [0.2, 0.25) is 0 Å². The van der Waals surface area contributed by atoms with E-state index in [9.17, 15) is 29.6 Å². The van der Waals surface area contributed by atoms with Crippen LogP contribution in [0.25, 0.3) is 0 Å². The van der Waals surface area contributed by atoms with Crippen molar-refractivity contribution in [1.29, 1.82) is 0 Å². The van der Waals surface area contributed by atoms with Gasteiger partial charge in [-0.3, -0.25) is 19.8 Å². The highest BCUT2D eigenvalue weighted by atomic mass is 16.6. The zero-order chi connectivity index (χ0) is 24.7. The number of nitrogens with zero attached hydrogens (tertiary/aromatic N) is 2. The maximum Gasteiger partial charge on any atom is 0.410 e. The summed E-state index contributed by atoms with van der Waals surface area (Å²) < 4.78 is 10.5. The average molecular weight is 471 g/mol. The molecule has 11 nitrogen and oxygen atoms in total. The molecule has 3 rings (SSSR count). The lowest BCUT2D eigenvalue weighted by Crippen LogP contribution is -2.51. The smallest absolute Gasteiger partial charge is 0.410 e. The number of carbonyl (C=O) groups is 3. The molecular weight excluding hydrogens is 446 g/mol. The first-order valence-corrected chi connectivity index (χ1v) is 10.6. The highest BCUT2D eigenvalue weighted by Crippen LogP contribution is 2.26. The van der Waals surface area contributed by atoms with E-state index >= 15 is 0 Å². The van der Waals surface area contributed by atoms with Crippen molar-refractivity contribution in [2.24, 2.45) is 0 Å². The van der Waals surface area contributed by atoms with Crippen molar-refractivity contribution < 1.29 is 33.9 Å². The Labute approximate surface area is 195 Å². The maximum absolute atomic E-state index is 12.9. The number of hydrogen-bond donors (Lipinski definition) is 2. The molecule has 2 aromatic rings. The predicted molar refractivity (Wildman–Crippen MR) is 119 cm³/mol. The van der Waals surface area contributed by atoms with Gasteiger partial charge in [-0.05, 0) is 24.5 Å². The quantitative estimate of drug-likeness (QED) is 0.419. The summed E-state index contributed by atoms with van der Waals surface area (Å²) >= 11 is 0. The van der Waals surface area contributed by atoms with Gasteiger partial charge in [0.2, 0.25) is 5.91 Å². The summed E-state index contributed by atoms with van der Waals surface area (Å²) in [4.78, 5) is 49.1. The highest BCUT2D eigenvalue weighted by molar-refractivity contribution is 5.89. The molecule has 1 fully saturated rings. The Morgan fingerprint density at radius 1 is 1.24 bits per heavy atom. The van der Waals surface area contributed by atoms with Crippen LogP contribution in [-0.4, -0.2) is 58.6 Å². The molecular formula is C23H25N3O8. The number of benzene rings is 2. The Kier molecular flexibility index (Phi) is 8.01. The van der Waals surface area contributed by atoms with Crippen molar-refractivity contribution in [3.05, 3.63) is 69.8 Å². The number of rotatable bonds is 9. The SMILES string of the molecule is COc1ccc([N+](=O)[O-])cc1C[C@H](NC(=O)[C@H]1CCCN1C(=O)OCc1ccccc1)C(=O)O. The molecule has 1 aliphatic heterocycles. The zero-order valence-electron chi connectivity index (χ0n) is 18.5. The number of ether oxygens (including phenoxy) is 2. The molecule has 2 N–H and O–H groups in total. The lowest BCUT2D eigenvalue weighted by molar-refractivity contribution is -0.384. The summed E-state index contributed by atoms with van der Waals surface area (Å²) in [7, 11) is 1.36. The van der Waals surface area contributed by atoms with Crippen molar-refractivity contribution in [1.82, 2.24) is 10.2 Å². The summed E-state index contributed by atoms with van der Waals surface area (Å²) in [5.41, 5.74) is 0.831. The molecule has 0 unspecified atom stereocenters. The molecule has 0 spiro atoms. The molecule has 0 saturated carbocycles. The molecule has 2 amide bonds. The molecule has 1 saturated heterocycles. The Morgan fingerprint density at radius 2 is 1.97 bits per heavy atom. The molecule has 0 aromatic heterocycles. The van der Waals surface area contributed by atoms with Gasteiger partial charge in [-0.2, -0.15) is 0 Å². The van der Waals surface area contributed by atoms with Crippen molar-refractivity contribution in [3.8, 4) is 5.75 Å². The van der Waals surface area contributed by atoms with E-state index in [1.54, 1.807) is 12.1 Å². The minimum atomic E-state index is -1.38. The van der Waals surface area contributed by atoms with Crippen LogP contribution in [0.15, 0.2) is 48.5 Å². The van der Waals surface area contributed by atoms with Gasteiger partial charge in [-0.25, -0.2) is 9.59 Å². The Hall–Kier alpha value is -4.15. The number of methoxy groups -OCH3 is 1. The minimum Gasteiger partial charge on any atom is -0.496 e. The molecule has 0 radical (unpaired) electrons. The summed E-state index contributed by atoms with van der Waals surface area (Å²) in [6.45, 7) is 0.358. The Balaban J connectivity index is 1.68. The first kappa shape index (κ1) is 24.5. The fourth-order valence-electron chi connectivity index (χ4n) is 3.79. The molecule has 0 aliphatic carbocycles. The summed E-state index contributed by atoms with van der Waals surface area (Å²) in [5.74, 6) is -1.69. The fraction of sp³-hybridized carbons (Fsp3) is 0.348. The second kappa shape index (κ2) is 11.1. The van der Waals surface area contributed by atoms with Crippen LogP contribution in [0.5, 0.6) is 5.75 Å². The van der Waals surface area contributed by atoms with Crippen LogP contribution in [-0.2, 0) is 27.4 Å². The van der Waals surface area contributed by atoms with Gasteiger partial charge in [-0.15, -0.1) is 0 Å². The second-order valence-electron chi connectivity index (χ2n) is 7.75. The zero-order valence-corrected chi connectivity index (χ0v) is 18.5. The van der Waals surface area contributed by atoms with Gasteiger partial charge in [0.1, 0.15) is 24.4 Å². The van der Waals surface area contributed by atoms with Crippen LogP contribution in [0.4, 0.5) is 10.5 Å². The molecule has 2 aromatic carbocycles. The second-order valence-corrected chi connectivity index (χ2v) is 7.75. The van der Waals surface area contributed by atoms with Crippen LogP contribution in [0.3, 0.4) is 0 Å². The molecule has 1 heterocycles. The largest absolute Gasteiger partial charge is 0.496 e. The minimum absolute atomic E-state index is 0.0504. The van der Waals surface area contributed by atoms with Gasteiger partial charge in [0.05, 0.1) is 12.0 Å². The standard InChI is InChI=1S/C23H25N3O8/c1-33-20-10-9-17(26(31)32)12-16(20)13-18(22(28)29)24-21(27)19-8-5-11-25(19)23(30)34-14-15-6-3-2-4-7-15/h2-4,6-7,9-10,12,18-19H,5,8,11,13-14H2,1H3,(H,24,27)(H,28,29)/t18-,19+/m0/s1. The molecule has 2 atom stereocenters. The van der Waals surface area contributed by atoms with Gasteiger partial charge >= 0.3 is 12.1 Å². The highest BCUT2D eigenvalue weighted by Gasteiger charge is 2.37. The van der Waals surface area contributed by atoms with Gasteiger partial charge in [0, 0.05) is 30.7 Å². The van der Waals surface area contributed by atoms with E-state index < -0.39 is 35.0 Å². The first-order valence-electron chi connectivity index (χ1n) is 10.6. The number of nitro groups is 1. The van der Waals surface area contributed by atoms with E-state index in [4.69, 9.17) is 9.47 Å². The normalized spacial score (nSPS) is 15.9. The Morgan fingerprint density at radius 3 is 2.62 bits per heavy atom. The van der Waals surface area contributed by atoms with Gasteiger partial charge in [0.25, 0.3) is 5.69 Å². The molecule has 1 aliphatic rings. The summed E-state index contributed by atoms with van der Waals surface area (Å²) in [6, 6.07) is 10.7. The topological polar surface area (TPSA) is 148 Å². The van der Waals surface area contributed by atoms with Crippen molar-refractivity contribution in [3.63, 3.8) is 0 Å². The van der Waals surface area contributed by atoms with Crippen LogP contribution < -0.4 is 10.1 Å². The van der Waals surface area contributed by atoms with E-state index in [1.807, 2.05) is 18.2 Å². The van der Waals surface area contributed by atoms with Crippen molar-refractivity contribution in [2.75, 3.05) is 13.7 Å². The third-order valence-corrected chi connectivity index (χ3v) is 5.51. The predicted octanol–water partition coefficient (Wildman–Crippen LogP) is 2.52. The van der Waals surface area contributed by atoms with Crippen molar-refractivity contribution in [2.45, 2.75) is 38.0 Å². The number of nitro benzene ring substituents is 1. The molecule has 34 heavy (non-hydrogen) atoms. The Bertz CT molecular complexity index is 1060. The number of aliphatic carboxylic acids is 1. The number of carboxylic acids is 1. The molecule has 180 valence electrons. The maximum atomic E-state index is 12.9. The van der Waals surface area contributed by atoms with Crippen LogP contribution in [0.1, 0.15) is 24.0 Å². The number of non-ortho nitro benzene ring substituents is 1. The van der Waals surface area contributed by atoms with Gasteiger partial charge in [0.15, 0.2) is 0 Å². The lowest BCUT2D eigenvalue weighted by atomic mass is 10.0. The first-order chi connectivity index (χ1) is 16.3. The van der Waals surface area contributed by atoms with E-state index in [0.717, 1.165) is 5.56 Å².